The summed E-state index contributed by atoms with van der Waals surface area (Å²) in [5, 5.41) is 4.19. The van der Waals surface area contributed by atoms with Crippen molar-refractivity contribution in [3.05, 3.63) is 27.7 Å². The molecule has 1 fully saturated rings. The van der Waals surface area contributed by atoms with Crippen molar-refractivity contribution < 1.29 is 0 Å². The predicted molar refractivity (Wildman–Crippen MR) is 68.4 cm³/mol. The van der Waals surface area contributed by atoms with Crippen LogP contribution in [0.25, 0.3) is 0 Å². The van der Waals surface area contributed by atoms with Gasteiger partial charge in [0.15, 0.2) is 0 Å². The highest BCUT2D eigenvalue weighted by Crippen LogP contribution is 2.29. The highest BCUT2D eigenvalue weighted by Gasteiger charge is 2.21. The molecule has 1 aliphatic carbocycles. The maximum absolute atomic E-state index is 6.12. The van der Waals surface area contributed by atoms with Crippen molar-refractivity contribution in [3.8, 4) is 0 Å². The van der Waals surface area contributed by atoms with Gasteiger partial charge in [0, 0.05) is 16.6 Å². The Morgan fingerprint density at radius 2 is 2.20 bits per heavy atom. The summed E-state index contributed by atoms with van der Waals surface area (Å²) in [6.45, 7) is 0. The molecular weight excluding hydrogens is 275 g/mol. The van der Waals surface area contributed by atoms with E-state index in [1.807, 2.05) is 18.2 Å². The van der Waals surface area contributed by atoms with Crippen LogP contribution in [0.1, 0.15) is 19.3 Å². The van der Waals surface area contributed by atoms with Crippen molar-refractivity contribution in [2.45, 2.75) is 31.3 Å². The Kier molecular flexibility index (Phi) is 3.54. The van der Waals surface area contributed by atoms with E-state index in [4.69, 9.17) is 17.3 Å². The van der Waals surface area contributed by atoms with Crippen LogP contribution >= 0.6 is 27.5 Å². The number of hydrogen-bond acceptors (Lipinski definition) is 2. The molecule has 3 N–H and O–H groups in total. The Morgan fingerprint density at radius 3 is 2.80 bits per heavy atom. The highest BCUT2D eigenvalue weighted by atomic mass is 79.9. The summed E-state index contributed by atoms with van der Waals surface area (Å²) in [7, 11) is 0. The van der Waals surface area contributed by atoms with Crippen molar-refractivity contribution >= 4 is 33.2 Å². The van der Waals surface area contributed by atoms with E-state index in [2.05, 4.69) is 21.2 Å². The van der Waals surface area contributed by atoms with Crippen molar-refractivity contribution in [2.24, 2.45) is 5.73 Å². The molecule has 0 radical (unpaired) electrons. The summed E-state index contributed by atoms with van der Waals surface area (Å²) < 4.78 is 1.00. The molecule has 0 heterocycles. The van der Waals surface area contributed by atoms with Crippen molar-refractivity contribution in [1.82, 2.24) is 0 Å². The van der Waals surface area contributed by atoms with Gasteiger partial charge in [0.1, 0.15) is 0 Å². The predicted octanol–water partition coefficient (Wildman–Crippen LogP) is 3.39. The monoisotopic (exact) mass is 288 g/mol. The van der Waals surface area contributed by atoms with Gasteiger partial charge in [-0.2, -0.15) is 0 Å². The summed E-state index contributed by atoms with van der Waals surface area (Å²) in [6, 6.07) is 6.70. The molecule has 1 aromatic rings. The maximum atomic E-state index is 6.12. The molecule has 0 aliphatic heterocycles. The Morgan fingerprint density at radius 1 is 1.40 bits per heavy atom. The summed E-state index contributed by atoms with van der Waals surface area (Å²) in [5.41, 5.74) is 6.86. The Balaban J connectivity index is 2.04. The van der Waals surface area contributed by atoms with Gasteiger partial charge in [0.25, 0.3) is 0 Å². The van der Waals surface area contributed by atoms with E-state index in [0.717, 1.165) is 34.4 Å². The summed E-state index contributed by atoms with van der Waals surface area (Å²) in [5.74, 6) is 0. The van der Waals surface area contributed by atoms with Gasteiger partial charge >= 0.3 is 0 Å². The zero-order chi connectivity index (χ0) is 10.8. The maximum Gasteiger partial charge on any atom is 0.0648 e. The first kappa shape index (κ1) is 11.2. The van der Waals surface area contributed by atoms with Crippen molar-refractivity contribution in [2.75, 3.05) is 5.32 Å². The van der Waals surface area contributed by atoms with E-state index in [0.29, 0.717) is 12.1 Å². The summed E-state index contributed by atoms with van der Waals surface area (Å²) in [4.78, 5) is 0. The fourth-order valence-corrected chi connectivity index (χ4v) is 2.70. The molecular formula is C11H14BrClN2. The van der Waals surface area contributed by atoms with Crippen LogP contribution in [0.15, 0.2) is 22.7 Å². The second kappa shape index (κ2) is 4.73. The van der Waals surface area contributed by atoms with Crippen LogP contribution in [0.2, 0.25) is 5.02 Å². The average Bonchev–Trinajstić information content (AvgIpc) is 2.56. The third kappa shape index (κ3) is 2.86. The second-order valence-electron chi connectivity index (χ2n) is 4.04. The minimum atomic E-state index is 0.344. The van der Waals surface area contributed by atoms with E-state index < -0.39 is 0 Å². The summed E-state index contributed by atoms with van der Waals surface area (Å²) in [6.07, 6.45) is 3.27. The molecule has 2 rings (SSSR count). The Hall–Kier alpha value is -0.250. The van der Waals surface area contributed by atoms with Crippen molar-refractivity contribution in [1.29, 1.82) is 0 Å². The lowest BCUT2D eigenvalue weighted by molar-refractivity contribution is 0.688. The standard InChI is InChI=1S/C11H14BrClN2/c12-7-1-4-11(10(13)5-7)15-9-3-2-8(14)6-9/h1,4-5,8-9,15H,2-3,6,14H2. The second-order valence-corrected chi connectivity index (χ2v) is 5.36. The minimum absolute atomic E-state index is 0.344. The molecule has 0 spiro atoms. The fourth-order valence-electron chi connectivity index (χ4n) is 1.97. The van der Waals surface area contributed by atoms with E-state index in [9.17, 15) is 0 Å². The molecule has 1 aliphatic rings. The molecule has 2 unspecified atom stereocenters. The van der Waals surface area contributed by atoms with Crippen LogP contribution in [0.3, 0.4) is 0 Å². The average molecular weight is 290 g/mol. The number of hydrogen-bond donors (Lipinski definition) is 2. The van der Waals surface area contributed by atoms with E-state index >= 15 is 0 Å². The molecule has 2 nitrogen and oxygen atoms in total. The first-order valence-corrected chi connectivity index (χ1v) is 6.29. The SMILES string of the molecule is NC1CCC(Nc2ccc(Br)cc2Cl)C1. The first-order valence-electron chi connectivity index (χ1n) is 5.12. The van der Waals surface area contributed by atoms with Gasteiger partial charge in [-0.1, -0.05) is 27.5 Å². The number of rotatable bonds is 2. The zero-order valence-electron chi connectivity index (χ0n) is 8.34. The van der Waals surface area contributed by atoms with Gasteiger partial charge in [0.05, 0.1) is 10.7 Å². The topological polar surface area (TPSA) is 38.0 Å². The fraction of sp³-hybridized carbons (Fsp3) is 0.455. The van der Waals surface area contributed by atoms with Crippen LogP contribution in [-0.4, -0.2) is 12.1 Å². The number of benzene rings is 1. The van der Waals surface area contributed by atoms with E-state index in [1.54, 1.807) is 0 Å². The van der Waals surface area contributed by atoms with E-state index in [-0.39, 0.29) is 0 Å². The molecule has 2 atom stereocenters. The van der Waals surface area contributed by atoms with Gasteiger partial charge in [0.2, 0.25) is 0 Å². The Bertz CT molecular complexity index is 356. The number of nitrogens with two attached hydrogens (primary N) is 1. The largest absolute Gasteiger partial charge is 0.381 e. The molecule has 82 valence electrons. The third-order valence-corrected chi connectivity index (χ3v) is 3.57. The molecule has 4 heteroatoms. The quantitative estimate of drug-likeness (QED) is 0.876. The van der Waals surface area contributed by atoms with Crippen molar-refractivity contribution in [3.63, 3.8) is 0 Å². The van der Waals surface area contributed by atoms with Gasteiger partial charge in [-0.15, -0.1) is 0 Å². The van der Waals surface area contributed by atoms with Gasteiger partial charge < -0.3 is 11.1 Å². The molecule has 0 saturated heterocycles. The van der Waals surface area contributed by atoms with E-state index in [1.165, 1.54) is 0 Å². The Labute approximate surface area is 103 Å². The van der Waals surface area contributed by atoms with Gasteiger partial charge in [-0.25, -0.2) is 0 Å². The van der Waals surface area contributed by atoms with Crippen LogP contribution in [0, 0.1) is 0 Å². The molecule has 15 heavy (non-hydrogen) atoms. The molecule has 0 amide bonds. The van der Waals surface area contributed by atoms with Gasteiger partial charge in [-0.3, -0.25) is 0 Å². The highest BCUT2D eigenvalue weighted by molar-refractivity contribution is 9.10. The van der Waals surface area contributed by atoms with Crippen LogP contribution in [0.4, 0.5) is 5.69 Å². The minimum Gasteiger partial charge on any atom is -0.381 e. The van der Waals surface area contributed by atoms with Gasteiger partial charge in [-0.05, 0) is 37.5 Å². The number of nitrogens with one attached hydrogen (secondary N) is 1. The molecule has 1 saturated carbocycles. The molecule has 0 bridgehead atoms. The molecule has 1 aromatic carbocycles. The normalized spacial score (nSPS) is 25.5. The molecule has 0 aromatic heterocycles. The lowest BCUT2D eigenvalue weighted by Crippen LogP contribution is -2.20. The smallest absolute Gasteiger partial charge is 0.0648 e. The van der Waals surface area contributed by atoms with Crippen LogP contribution in [-0.2, 0) is 0 Å². The first-order chi connectivity index (χ1) is 7.15. The summed E-state index contributed by atoms with van der Waals surface area (Å²) >= 11 is 9.51. The third-order valence-electron chi connectivity index (χ3n) is 2.76. The number of anilines is 1. The lowest BCUT2D eigenvalue weighted by Gasteiger charge is -2.15. The van der Waals surface area contributed by atoms with Crippen LogP contribution < -0.4 is 11.1 Å². The lowest BCUT2D eigenvalue weighted by atomic mass is 10.2. The number of halogens is 2. The zero-order valence-corrected chi connectivity index (χ0v) is 10.7. The van der Waals surface area contributed by atoms with Crippen LogP contribution in [0.5, 0.6) is 0 Å².